The molecule has 1 amide bonds. The molecule has 70 valence electrons. The number of benzene rings is 1. The highest BCUT2D eigenvalue weighted by molar-refractivity contribution is 7.99. The molecule has 0 unspecified atom stereocenters. The molecule has 0 aliphatic heterocycles. The average Bonchev–Trinajstić information content (AvgIpc) is 2.14. The summed E-state index contributed by atoms with van der Waals surface area (Å²) in [6.45, 7) is 0.356. The van der Waals surface area contributed by atoms with Gasteiger partial charge in [0.1, 0.15) is 6.61 Å². The van der Waals surface area contributed by atoms with Crippen molar-refractivity contribution in [2.24, 2.45) is 5.73 Å². The van der Waals surface area contributed by atoms with Gasteiger partial charge in [0.25, 0.3) is 0 Å². The maximum absolute atomic E-state index is 10.2. The lowest BCUT2D eigenvalue weighted by molar-refractivity contribution is 0.164. The van der Waals surface area contributed by atoms with Gasteiger partial charge < -0.3 is 10.5 Å². The van der Waals surface area contributed by atoms with E-state index in [2.05, 4.69) is 4.74 Å². The van der Waals surface area contributed by atoms with Crippen molar-refractivity contribution in [1.29, 1.82) is 0 Å². The number of nitrogens with two attached hydrogens (primary N) is 1. The first kappa shape index (κ1) is 9.92. The number of hydrogen-bond acceptors (Lipinski definition) is 3. The van der Waals surface area contributed by atoms with Crippen LogP contribution in [0, 0.1) is 0 Å². The van der Waals surface area contributed by atoms with Crippen LogP contribution in [0.4, 0.5) is 4.79 Å². The van der Waals surface area contributed by atoms with Gasteiger partial charge in [0.15, 0.2) is 0 Å². The van der Waals surface area contributed by atoms with Crippen LogP contribution >= 0.6 is 11.8 Å². The van der Waals surface area contributed by atoms with E-state index in [0.29, 0.717) is 6.61 Å². The summed E-state index contributed by atoms with van der Waals surface area (Å²) in [4.78, 5) is 11.4. The van der Waals surface area contributed by atoms with Gasteiger partial charge in [0, 0.05) is 10.6 Å². The summed E-state index contributed by atoms with van der Waals surface area (Å²) in [6, 6.07) is 9.92. The van der Waals surface area contributed by atoms with E-state index in [0.717, 1.165) is 10.6 Å². The van der Waals surface area contributed by atoms with Gasteiger partial charge in [-0.05, 0) is 12.1 Å². The SMILES string of the molecule is NC(=O)OCCSc1ccccc1. The first-order valence-electron chi connectivity index (χ1n) is 3.89. The van der Waals surface area contributed by atoms with Crippen molar-refractivity contribution in [2.75, 3.05) is 12.4 Å². The molecule has 0 bridgehead atoms. The standard InChI is InChI=1S/C9H11NO2S/c10-9(11)12-6-7-13-8-4-2-1-3-5-8/h1-5H,6-7H2,(H2,10,11). The van der Waals surface area contributed by atoms with Crippen molar-refractivity contribution >= 4 is 17.9 Å². The molecule has 0 aliphatic rings. The normalized spacial score (nSPS) is 9.54. The van der Waals surface area contributed by atoms with Gasteiger partial charge >= 0.3 is 6.09 Å². The van der Waals surface area contributed by atoms with Crippen molar-refractivity contribution in [1.82, 2.24) is 0 Å². The van der Waals surface area contributed by atoms with Crippen LogP contribution in [0.3, 0.4) is 0 Å². The molecule has 0 radical (unpaired) electrons. The Morgan fingerprint density at radius 2 is 2.08 bits per heavy atom. The third-order valence-electron chi connectivity index (χ3n) is 1.34. The van der Waals surface area contributed by atoms with Gasteiger partial charge in [-0.3, -0.25) is 0 Å². The maximum atomic E-state index is 10.2. The van der Waals surface area contributed by atoms with Crippen LogP contribution in [0.1, 0.15) is 0 Å². The minimum absolute atomic E-state index is 0.356. The Morgan fingerprint density at radius 1 is 1.38 bits per heavy atom. The van der Waals surface area contributed by atoms with Gasteiger partial charge in [-0.25, -0.2) is 4.79 Å². The van der Waals surface area contributed by atoms with Crippen LogP contribution in [0.15, 0.2) is 35.2 Å². The molecule has 13 heavy (non-hydrogen) atoms. The lowest BCUT2D eigenvalue weighted by Crippen LogP contribution is -2.14. The Kier molecular flexibility index (Phi) is 4.18. The third kappa shape index (κ3) is 4.42. The summed E-state index contributed by atoms with van der Waals surface area (Å²) in [5.74, 6) is 0.729. The molecule has 0 saturated carbocycles. The summed E-state index contributed by atoms with van der Waals surface area (Å²) >= 11 is 1.63. The number of amides is 1. The predicted octanol–water partition coefficient (Wildman–Crippen LogP) is 1.87. The summed E-state index contributed by atoms with van der Waals surface area (Å²) < 4.78 is 4.58. The fraction of sp³-hybridized carbons (Fsp3) is 0.222. The molecule has 0 atom stereocenters. The number of carbonyl (C=O) groups is 1. The van der Waals surface area contributed by atoms with Crippen molar-refractivity contribution in [3.63, 3.8) is 0 Å². The molecule has 0 saturated heterocycles. The largest absolute Gasteiger partial charge is 0.449 e. The molecule has 0 heterocycles. The van der Waals surface area contributed by atoms with Gasteiger partial charge in [-0.1, -0.05) is 18.2 Å². The molecule has 3 nitrogen and oxygen atoms in total. The van der Waals surface area contributed by atoms with Gasteiger partial charge in [0.2, 0.25) is 0 Å². The second-order valence-electron chi connectivity index (χ2n) is 2.33. The Morgan fingerprint density at radius 3 is 2.69 bits per heavy atom. The summed E-state index contributed by atoms with van der Waals surface area (Å²) in [6.07, 6.45) is -0.714. The molecule has 0 fully saturated rings. The number of hydrogen-bond donors (Lipinski definition) is 1. The zero-order valence-corrected chi connectivity index (χ0v) is 7.92. The monoisotopic (exact) mass is 197 g/mol. The van der Waals surface area contributed by atoms with Crippen LogP contribution in [0.25, 0.3) is 0 Å². The van der Waals surface area contributed by atoms with Gasteiger partial charge in [-0.2, -0.15) is 0 Å². The van der Waals surface area contributed by atoms with Crippen molar-refractivity contribution in [3.8, 4) is 0 Å². The lowest BCUT2D eigenvalue weighted by atomic mass is 10.4. The summed E-state index contributed by atoms with van der Waals surface area (Å²) in [5.41, 5.74) is 4.80. The van der Waals surface area contributed by atoms with E-state index in [1.54, 1.807) is 11.8 Å². The molecule has 0 aromatic heterocycles. The van der Waals surface area contributed by atoms with Crippen LogP contribution in [0.5, 0.6) is 0 Å². The molecule has 0 aliphatic carbocycles. The average molecular weight is 197 g/mol. The minimum Gasteiger partial charge on any atom is -0.449 e. The van der Waals surface area contributed by atoms with Crippen LogP contribution < -0.4 is 5.73 Å². The summed E-state index contributed by atoms with van der Waals surface area (Å²) in [5, 5.41) is 0. The van der Waals surface area contributed by atoms with Crippen molar-refractivity contribution in [3.05, 3.63) is 30.3 Å². The van der Waals surface area contributed by atoms with E-state index in [4.69, 9.17) is 5.73 Å². The van der Waals surface area contributed by atoms with E-state index in [-0.39, 0.29) is 0 Å². The van der Waals surface area contributed by atoms with Crippen LogP contribution in [-0.4, -0.2) is 18.5 Å². The number of ether oxygens (including phenoxy) is 1. The quantitative estimate of drug-likeness (QED) is 0.592. The van der Waals surface area contributed by atoms with E-state index >= 15 is 0 Å². The van der Waals surface area contributed by atoms with Gasteiger partial charge in [-0.15, -0.1) is 11.8 Å². The van der Waals surface area contributed by atoms with E-state index in [9.17, 15) is 4.79 Å². The van der Waals surface area contributed by atoms with E-state index in [1.165, 1.54) is 0 Å². The number of primary amides is 1. The molecular weight excluding hydrogens is 186 g/mol. The second kappa shape index (κ2) is 5.48. The Labute approximate surface area is 81.3 Å². The molecule has 0 spiro atoms. The van der Waals surface area contributed by atoms with Crippen molar-refractivity contribution < 1.29 is 9.53 Å². The molecule has 1 aromatic carbocycles. The summed E-state index contributed by atoms with van der Waals surface area (Å²) in [7, 11) is 0. The number of thioether (sulfide) groups is 1. The molecule has 4 heteroatoms. The van der Waals surface area contributed by atoms with Gasteiger partial charge in [0.05, 0.1) is 0 Å². The van der Waals surface area contributed by atoms with E-state index < -0.39 is 6.09 Å². The maximum Gasteiger partial charge on any atom is 0.404 e. The molecule has 2 N–H and O–H groups in total. The number of rotatable bonds is 4. The Hall–Kier alpha value is -1.16. The zero-order chi connectivity index (χ0) is 9.52. The first-order valence-corrected chi connectivity index (χ1v) is 4.87. The zero-order valence-electron chi connectivity index (χ0n) is 7.10. The smallest absolute Gasteiger partial charge is 0.404 e. The topological polar surface area (TPSA) is 52.3 Å². The van der Waals surface area contributed by atoms with Crippen LogP contribution in [-0.2, 0) is 4.74 Å². The van der Waals surface area contributed by atoms with E-state index in [1.807, 2.05) is 30.3 Å². The van der Waals surface area contributed by atoms with Crippen LogP contribution in [0.2, 0.25) is 0 Å². The molecular formula is C9H11NO2S. The lowest BCUT2D eigenvalue weighted by Gasteiger charge is -2.01. The molecule has 1 rings (SSSR count). The highest BCUT2D eigenvalue weighted by Gasteiger charge is 1.94. The molecule has 1 aromatic rings. The fourth-order valence-corrected chi connectivity index (χ4v) is 1.57. The fourth-order valence-electron chi connectivity index (χ4n) is 0.818. The van der Waals surface area contributed by atoms with Crippen molar-refractivity contribution in [2.45, 2.75) is 4.90 Å². The third-order valence-corrected chi connectivity index (χ3v) is 2.32. The first-order chi connectivity index (χ1) is 6.29. The second-order valence-corrected chi connectivity index (χ2v) is 3.50. The minimum atomic E-state index is -0.714. The Bertz CT molecular complexity index is 264. The predicted molar refractivity (Wildman–Crippen MR) is 52.7 cm³/mol. The highest BCUT2D eigenvalue weighted by atomic mass is 32.2. The number of carbonyl (C=O) groups excluding carboxylic acids is 1. The highest BCUT2D eigenvalue weighted by Crippen LogP contribution is 2.15. The Balaban J connectivity index is 2.17.